The molecule has 2 nitrogen and oxygen atoms in total. The predicted molar refractivity (Wildman–Crippen MR) is 55.5 cm³/mol. The second-order valence-electron chi connectivity index (χ2n) is 4.35. The summed E-state index contributed by atoms with van der Waals surface area (Å²) in [6.07, 6.45) is -0.0773. The summed E-state index contributed by atoms with van der Waals surface area (Å²) in [6, 6.07) is 2.06. The lowest BCUT2D eigenvalue weighted by atomic mass is 9.81. The van der Waals surface area contributed by atoms with Gasteiger partial charge in [-0.1, -0.05) is 19.3 Å². The van der Waals surface area contributed by atoms with Crippen molar-refractivity contribution >= 4 is 5.78 Å². The van der Waals surface area contributed by atoms with Crippen molar-refractivity contribution in [3.8, 4) is 0 Å². The Kier molecular flexibility index (Phi) is 3.17. The number of alkyl halides is 3. The van der Waals surface area contributed by atoms with Crippen LogP contribution in [0.5, 0.6) is 0 Å². The number of Topliss-reactive ketones (excluding diaryl/α,β-unsaturated/α-hetero) is 1. The van der Waals surface area contributed by atoms with E-state index in [0.717, 1.165) is 31.4 Å². The van der Waals surface area contributed by atoms with E-state index in [2.05, 4.69) is 4.98 Å². The standard InChI is InChI=1S/C12H12F3NO/c13-12(14,15)9-4-5-10(16-7-9)11(17)6-8-2-1-3-8/h4-5,7-8H,1-3,6H2. The van der Waals surface area contributed by atoms with Gasteiger partial charge < -0.3 is 0 Å². The van der Waals surface area contributed by atoms with E-state index < -0.39 is 11.7 Å². The van der Waals surface area contributed by atoms with E-state index in [-0.39, 0.29) is 11.5 Å². The molecule has 1 aliphatic rings. The zero-order valence-electron chi connectivity index (χ0n) is 9.13. The fraction of sp³-hybridized carbons (Fsp3) is 0.500. The molecule has 1 aliphatic carbocycles. The molecule has 1 heterocycles. The molecule has 0 aromatic carbocycles. The molecule has 1 aromatic rings. The molecule has 0 spiro atoms. The van der Waals surface area contributed by atoms with Crippen molar-refractivity contribution < 1.29 is 18.0 Å². The Hall–Kier alpha value is -1.39. The van der Waals surface area contributed by atoms with Crippen LogP contribution in [0.4, 0.5) is 13.2 Å². The minimum Gasteiger partial charge on any atom is -0.292 e. The monoisotopic (exact) mass is 243 g/mol. The van der Waals surface area contributed by atoms with E-state index in [9.17, 15) is 18.0 Å². The lowest BCUT2D eigenvalue weighted by Gasteiger charge is -2.24. The number of hydrogen-bond donors (Lipinski definition) is 0. The molecule has 5 heteroatoms. The summed E-state index contributed by atoms with van der Waals surface area (Å²) in [4.78, 5) is 15.3. The molecule has 17 heavy (non-hydrogen) atoms. The third-order valence-electron chi connectivity index (χ3n) is 3.08. The highest BCUT2D eigenvalue weighted by atomic mass is 19.4. The number of aromatic nitrogens is 1. The van der Waals surface area contributed by atoms with Gasteiger partial charge in [0.25, 0.3) is 0 Å². The van der Waals surface area contributed by atoms with Crippen LogP contribution in [-0.4, -0.2) is 10.8 Å². The van der Waals surface area contributed by atoms with Gasteiger partial charge in [0, 0.05) is 12.6 Å². The summed E-state index contributed by atoms with van der Waals surface area (Å²) in [5.74, 6) is 0.231. The zero-order valence-corrected chi connectivity index (χ0v) is 9.13. The Labute approximate surface area is 96.9 Å². The highest BCUT2D eigenvalue weighted by Crippen LogP contribution is 2.31. The number of carbonyl (C=O) groups is 1. The van der Waals surface area contributed by atoms with Crippen LogP contribution < -0.4 is 0 Å². The minimum absolute atomic E-state index is 0.130. The molecule has 2 rings (SSSR count). The van der Waals surface area contributed by atoms with Gasteiger partial charge in [-0.25, -0.2) is 0 Å². The summed E-state index contributed by atoms with van der Waals surface area (Å²) in [7, 11) is 0. The van der Waals surface area contributed by atoms with Crippen molar-refractivity contribution in [2.24, 2.45) is 5.92 Å². The Bertz CT molecular complexity index is 407. The largest absolute Gasteiger partial charge is 0.417 e. The second kappa shape index (κ2) is 4.47. The highest BCUT2D eigenvalue weighted by Gasteiger charge is 2.31. The molecule has 0 bridgehead atoms. The summed E-state index contributed by atoms with van der Waals surface area (Å²) in [5, 5.41) is 0. The zero-order chi connectivity index (χ0) is 12.5. The van der Waals surface area contributed by atoms with Crippen LogP contribution in [-0.2, 0) is 6.18 Å². The van der Waals surface area contributed by atoms with Gasteiger partial charge in [-0.05, 0) is 18.1 Å². The van der Waals surface area contributed by atoms with E-state index in [1.807, 2.05) is 0 Å². The van der Waals surface area contributed by atoms with Crippen molar-refractivity contribution in [3.63, 3.8) is 0 Å². The SMILES string of the molecule is O=C(CC1CCC1)c1ccc(C(F)(F)F)cn1. The van der Waals surface area contributed by atoms with Gasteiger partial charge in [-0.3, -0.25) is 9.78 Å². The minimum atomic E-state index is -4.40. The normalized spacial score (nSPS) is 16.6. The van der Waals surface area contributed by atoms with Gasteiger partial charge >= 0.3 is 6.18 Å². The fourth-order valence-electron chi connectivity index (χ4n) is 1.79. The maximum Gasteiger partial charge on any atom is 0.417 e. The Balaban J connectivity index is 2.04. The number of pyridine rings is 1. The van der Waals surface area contributed by atoms with Crippen molar-refractivity contribution in [1.82, 2.24) is 4.98 Å². The molecule has 92 valence electrons. The molecule has 0 atom stereocenters. The molecule has 0 aliphatic heterocycles. The van der Waals surface area contributed by atoms with Crippen LogP contribution in [0.25, 0.3) is 0 Å². The molecule has 1 saturated carbocycles. The summed E-state index contributed by atoms with van der Waals surface area (Å²) in [5.41, 5.74) is -0.692. The average Bonchev–Trinajstić information content (AvgIpc) is 2.22. The molecule has 0 radical (unpaired) electrons. The molecular formula is C12H12F3NO. The first-order valence-electron chi connectivity index (χ1n) is 5.53. The molecule has 0 unspecified atom stereocenters. The van der Waals surface area contributed by atoms with Crippen LogP contribution in [0.2, 0.25) is 0 Å². The first kappa shape index (κ1) is 12.1. The number of rotatable bonds is 3. The lowest BCUT2D eigenvalue weighted by Crippen LogP contribution is -2.17. The van der Waals surface area contributed by atoms with Gasteiger partial charge in [0.1, 0.15) is 5.69 Å². The van der Waals surface area contributed by atoms with Crippen LogP contribution >= 0.6 is 0 Å². The van der Waals surface area contributed by atoms with Crippen molar-refractivity contribution in [2.75, 3.05) is 0 Å². The van der Waals surface area contributed by atoms with Gasteiger partial charge in [0.15, 0.2) is 5.78 Å². The van der Waals surface area contributed by atoms with E-state index >= 15 is 0 Å². The molecular weight excluding hydrogens is 231 g/mol. The maximum atomic E-state index is 12.3. The lowest BCUT2D eigenvalue weighted by molar-refractivity contribution is -0.137. The van der Waals surface area contributed by atoms with Crippen LogP contribution in [0.15, 0.2) is 18.3 Å². The van der Waals surface area contributed by atoms with Crippen LogP contribution in [0.3, 0.4) is 0 Å². The number of ketones is 1. The number of nitrogens with zero attached hydrogens (tertiary/aromatic N) is 1. The Morgan fingerprint density at radius 1 is 1.35 bits per heavy atom. The van der Waals surface area contributed by atoms with E-state index in [4.69, 9.17) is 0 Å². The molecule has 1 aromatic heterocycles. The number of carbonyl (C=O) groups excluding carboxylic acids is 1. The molecule has 0 amide bonds. The quantitative estimate of drug-likeness (QED) is 0.761. The van der Waals surface area contributed by atoms with Gasteiger partial charge in [-0.15, -0.1) is 0 Å². The topological polar surface area (TPSA) is 30.0 Å². The first-order valence-corrected chi connectivity index (χ1v) is 5.53. The van der Waals surface area contributed by atoms with Crippen molar-refractivity contribution in [2.45, 2.75) is 31.9 Å². The van der Waals surface area contributed by atoms with Crippen LogP contribution in [0.1, 0.15) is 41.7 Å². The predicted octanol–water partition coefficient (Wildman–Crippen LogP) is 3.47. The van der Waals surface area contributed by atoms with Crippen molar-refractivity contribution in [1.29, 1.82) is 0 Å². The Morgan fingerprint density at radius 2 is 2.06 bits per heavy atom. The van der Waals surface area contributed by atoms with Crippen LogP contribution in [0, 0.1) is 5.92 Å². The maximum absolute atomic E-state index is 12.3. The highest BCUT2D eigenvalue weighted by molar-refractivity contribution is 5.94. The smallest absolute Gasteiger partial charge is 0.292 e. The van der Waals surface area contributed by atoms with E-state index in [1.54, 1.807) is 0 Å². The molecule has 0 N–H and O–H groups in total. The summed E-state index contributed by atoms with van der Waals surface area (Å²) in [6.45, 7) is 0. The number of hydrogen-bond acceptors (Lipinski definition) is 2. The molecule has 0 saturated heterocycles. The third-order valence-corrected chi connectivity index (χ3v) is 3.08. The average molecular weight is 243 g/mol. The summed E-state index contributed by atoms with van der Waals surface area (Å²) >= 11 is 0. The second-order valence-corrected chi connectivity index (χ2v) is 4.35. The fourth-order valence-corrected chi connectivity index (χ4v) is 1.79. The van der Waals surface area contributed by atoms with E-state index in [0.29, 0.717) is 18.5 Å². The third kappa shape index (κ3) is 2.84. The van der Waals surface area contributed by atoms with Gasteiger partial charge in [0.2, 0.25) is 0 Å². The number of halogens is 3. The van der Waals surface area contributed by atoms with Gasteiger partial charge in [0.05, 0.1) is 5.56 Å². The Morgan fingerprint density at radius 3 is 2.47 bits per heavy atom. The molecule has 1 fully saturated rings. The summed E-state index contributed by atoms with van der Waals surface area (Å²) < 4.78 is 36.8. The van der Waals surface area contributed by atoms with Gasteiger partial charge in [-0.2, -0.15) is 13.2 Å². The van der Waals surface area contributed by atoms with Crippen molar-refractivity contribution in [3.05, 3.63) is 29.6 Å². The first-order chi connectivity index (χ1) is 7.97. The van der Waals surface area contributed by atoms with E-state index in [1.165, 1.54) is 0 Å².